The Kier molecular flexibility index (Phi) is 3.56. The zero-order valence-electron chi connectivity index (χ0n) is 9.16. The average Bonchev–Trinajstić information content (AvgIpc) is 2.67. The molecule has 1 heterocycles. The number of carbonyl (C=O) groups is 1. The van der Waals surface area contributed by atoms with Crippen LogP contribution in [0.3, 0.4) is 0 Å². The lowest BCUT2D eigenvalue weighted by atomic mass is 9.94. The molecule has 1 rings (SSSR count). The zero-order valence-corrected chi connectivity index (χ0v) is 9.16. The number of aromatic nitrogens is 2. The van der Waals surface area contributed by atoms with Crippen LogP contribution >= 0.6 is 0 Å². The predicted molar refractivity (Wildman–Crippen MR) is 48.9 cm³/mol. The van der Waals surface area contributed by atoms with Gasteiger partial charge < -0.3 is 9.15 Å². The number of hydrogen-bond donors (Lipinski definition) is 0. The minimum atomic E-state index is -2.85. The van der Waals surface area contributed by atoms with E-state index in [1.165, 1.54) is 13.8 Å². The van der Waals surface area contributed by atoms with Gasteiger partial charge in [-0.25, -0.2) is 0 Å². The van der Waals surface area contributed by atoms with Crippen molar-refractivity contribution in [2.24, 2.45) is 0 Å². The quantitative estimate of drug-likeness (QED) is 0.744. The number of ether oxygens (including phenoxy) is 1. The van der Waals surface area contributed by atoms with E-state index in [-0.39, 0.29) is 12.5 Å². The first-order valence-electron chi connectivity index (χ1n) is 4.68. The van der Waals surface area contributed by atoms with Crippen LogP contribution in [0.15, 0.2) is 4.42 Å². The van der Waals surface area contributed by atoms with Crippen LogP contribution in [0.4, 0.5) is 8.78 Å². The molecule has 0 saturated carbocycles. The maximum atomic E-state index is 12.2. The second kappa shape index (κ2) is 4.54. The van der Waals surface area contributed by atoms with E-state index in [9.17, 15) is 13.6 Å². The number of nitrogens with zero attached hydrogens (tertiary/aromatic N) is 2. The Morgan fingerprint density at radius 1 is 1.50 bits per heavy atom. The number of esters is 1. The molecule has 1 aromatic rings. The molecule has 0 unspecified atom stereocenters. The van der Waals surface area contributed by atoms with Gasteiger partial charge in [-0.2, -0.15) is 8.78 Å². The van der Waals surface area contributed by atoms with E-state index in [4.69, 9.17) is 9.15 Å². The Bertz CT molecular complexity index is 377. The van der Waals surface area contributed by atoms with Crippen LogP contribution in [-0.4, -0.2) is 22.8 Å². The SMILES string of the molecule is CCOC(=O)C(C)(C)c1nnc(C(F)F)o1. The molecule has 0 aliphatic heterocycles. The lowest BCUT2D eigenvalue weighted by Crippen LogP contribution is -2.31. The molecule has 0 fully saturated rings. The average molecular weight is 234 g/mol. The molecule has 0 aliphatic carbocycles. The van der Waals surface area contributed by atoms with Gasteiger partial charge in [0.2, 0.25) is 5.89 Å². The molecule has 0 aliphatic rings. The van der Waals surface area contributed by atoms with Crippen molar-refractivity contribution in [1.82, 2.24) is 10.2 Å². The third kappa shape index (κ3) is 2.34. The van der Waals surface area contributed by atoms with E-state index in [0.717, 1.165) is 0 Å². The van der Waals surface area contributed by atoms with Crippen LogP contribution in [0.2, 0.25) is 0 Å². The molecule has 0 spiro atoms. The van der Waals surface area contributed by atoms with Gasteiger partial charge in [0.25, 0.3) is 5.89 Å². The molecular weight excluding hydrogens is 222 g/mol. The lowest BCUT2D eigenvalue weighted by Gasteiger charge is -2.17. The van der Waals surface area contributed by atoms with Gasteiger partial charge in [-0.05, 0) is 20.8 Å². The maximum Gasteiger partial charge on any atom is 0.321 e. The largest absolute Gasteiger partial charge is 0.465 e. The van der Waals surface area contributed by atoms with Crippen molar-refractivity contribution in [1.29, 1.82) is 0 Å². The van der Waals surface area contributed by atoms with E-state index in [2.05, 4.69) is 10.2 Å². The normalized spacial score (nSPS) is 11.9. The Morgan fingerprint density at radius 3 is 2.56 bits per heavy atom. The van der Waals surface area contributed by atoms with Crippen molar-refractivity contribution in [2.45, 2.75) is 32.6 Å². The first-order chi connectivity index (χ1) is 7.39. The molecular formula is C9H12F2N2O3. The number of alkyl halides is 2. The van der Waals surface area contributed by atoms with Gasteiger partial charge in [0, 0.05) is 0 Å². The summed E-state index contributed by atoms with van der Waals surface area (Å²) in [5.74, 6) is -1.58. The summed E-state index contributed by atoms with van der Waals surface area (Å²) in [7, 11) is 0. The number of carbonyl (C=O) groups excluding carboxylic acids is 1. The summed E-state index contributed by atoms with van der Waals surface area (Å²) in [6.45, 7) is 4.77. The summed E-state index contributed by atoms with van der Waals surface area (Å²) in [5.41, 5.74) is -1.23. The summed E-state index contributed by atoms with van der Waals surface area (Å²) in [4.78, 5) is 11.5. The van der Waals surface area contributed by atoms with Gasteiger partial charge >= 0.3 is 12.4 Å². The molecule has 0 amide bonds. The molecule has 7 heteroatoms. The fourth-order valence-electron chi connectivity index (χ4n) is 0.974. The standard InChI is InChI=1S/C9H12F2N2O3/c1-4-15-8(14)9(2,3)7-13-12-6(16-7)5(10)11/h5H,4H2,1-3H3. The second-order valence-corrected chi connectivity index (χ2v) is 3.59. The summed E-state index contributed by atoms with van der Waals surface area (Å²) < 4.78 is 33.9. The van der Waals surface area contributed by atoms with Gasteiger partial charge in [-0.15, -0.1) is 10.2 Å². The number of halogens is 2. The second-order valence-electron chi connectivity index (χ2n) is 3.59. The van der Waals surface area contributed by atoms with Gasteiger partial charge in [-0.1, -0.05) is 0 Å². The molecule has 0 atom stereocenters. The highest BCUT2D eigenvalue weighted by atomic mass is 19.3. The van der Waals surface area contributed by atoms with E-state index < -0.39 is 23.7 Å². The third-order valence-corrected chi connectivity index (χ3v) is 1.95. The monoisotopic (exact) mass is 234 g/mol. The van der Waals surface area contributed by atoms with Crippen molar-refractivity contribution in [2.75, 3.05) is 6.61 Å². The smallest absolute Gasteiger partial charge is 0.321 e. The highest BCUT2D eigenvalue weighted by Crippen LogP contribution is 2.26. The van der Waals surface area contributed by atoms with E-state index in [1.54, 1.807) is 6.92 Å². The maximum absolute atomic E-state index is 12.2. The summed E-state index contributed by atoms with van der Waals surface area (Å²) >= 11 is 0. The lowest BCUT2D eigenvalue weighted by molar-refractivity contribution is -0.149. The first kappa shape index (κ1) is 12.5. The van der Waals surface area contributed by atoms with Crippen LogP contribution in [0, 0.1) is 0 Å². The molecule has 16 heavy (non-hydrogen) atoms. The number of rotatable bonds is 4. The summed E-state index contributed by atoms with van der Waals surface area (Å²) in [5, 5.41) is 6.57. The van der Waals surface area contributed by atoms with Crippen molar-refractivity contribution < 1.29 is 22.7 Å². The molecule has 0 radical (unpaired) electrons. The molecule has 0 aromatic carbocycles. The summed E-state index contributed by atoms with van der Waals surface area (Å²) in [6, 6.07) is 0. The van der Waals surface area contributed by atoms with E-state index >= 15 is 0 Å². The highest BCUT2D eigenvalue weighted by molar-refractivity contribution is 5.80. The fourth-order valence-corrected chi connectivity index (χ4v) is 0.974. The Labute approximate surface area is 90.8 Å². The Hall–Kier alpha value is -1.53. The van der Waals surface area contributed by atoms with Crippen molar-refractivity contribution in [3.05, 3.63) is 11.8 Å². The molecule has 90 valence electrons. The van der Waals surface area contributed by atoms with Gasteiger partial charge in [0.1, 0.15) is 5.41 Å². The molecule has 0 N–H and O–H groups in total. The van der Waals surface area contributed by atoms with E-state index in [1.807, 2.05) is 0 Å². The van der Waals surface area contributed by atoms with Crippen LogP contribution in [0.1, 0.15) is 39.0 Å². The minimum Gasteiger partial charge on any atom is -0.465 e. The molecule has 0 bridgehead atoms. The van der Waals surface area contributed by atoms with Crippen molar-refractivity contribution in [3.8, 4) is 0 Å². The van der Waals surface area contributed by atoms with Crippen molar-refractivity contribution in [3.63, 3.8) is 0 Å². The Balaban J connectivity index is 2.93. The fraction of sp³-hybridized carbons (Fsp3) is 0.667. The molecule has 1 aromatic heterocycles. The van der Waals surface area contributed by atoms with Crippen LogP contribution in [0.5, 0.6) is 0 Å². The first-order valence-corrected chi connectivity index (χ1v) is 4.68. The topological polar surface area (TPSA) is 65.2 Å². The van der Waals surface area contributed by atoms with Gasteiger partial charge in [-0.3, -0.25) is 4.79 Å². The predicted octanol–water partition coefficient (Wildman–Crippen LogP) is 1.85. The highest BCUT2D eigenvalue weighted by Gasteiger charge is 2.37. The summed E-state index contributed by atoms with van der Waals surface area (Å²) in [6.07, 6.45) is -2.85. The number of hydrogen-bond acceptors (Lipinski definition) is 5. The minimum absolute atomic E-state index is 0.179. The Morgan fingerprint density at radius 2 is 2.12 bits per heavy atom. The van der Waals surface area contributed by atoms with Gasteiger partial charge in [0.15, 0.2) is 0 Å². The zero-order chi connectivity index (χ0) is 12.3. The van der Waals surface area contributed by atoms with Crippen LogP contribution < -0.4 is 0 Å². The van der Waals surface area contributed by atoms with E-state index in [0.29, 0.717) is 0 Å². The van der Waals surface area contributed by atoms with Gasteiger partial charge in [0.05, 0.1) is 6.61 Å². The van der Waals surface area contributed by atoms with Crippen LogP contribution in [0.25, 0.3) is 0 Å². The molecule has 5 nitrogen and oxygen atoms in total. The van der Waals surface area contributed by atoms with Crippen LogP contribution in [-0.2, 0) is 14.9 Å². The third-order valence-electron chi connectivity index (χ3n) is 1.95. The molecule has 0 saturated heterocycles. The van der Waals surface area contributed by atoms with Crippen molar-refractivity contribution >= 4 is 5.97 Å².